The fourth-order valence-corrected chi connectivity index (χ4v) is 4.03. The molecular weight excluding hydrogens is 316 g/mol. The fraction of sp³-hybridized carbons (Fsp3) is 0.438. The molecule has 0 spiro atoms. The topological polar surface area (TPSA) is 49.4 Å². The number of aryl methyl sites for hydroxylation is 1. The number of carbonyl (C=O) groups excluding carboxylic acids is 2. The van der Waals surface area contributed by atoms with Crippen molar-refractivity contribution in [3.05, 3.63) is 29.8 Å². The molecule has 0 radical (unpaired) electrons. The number of thiocarbonyl (C=S) groups is 1. The lowest BCUT2D eigenvalue weighted by molar-refractivity contribution is -0.129. The number of benzene rings is 1. The van der Waals surface area contributed by atoms with E-state index < -0.39 is 5.25 Å². The molecule has 0 aliphatic carbocycles. The fourth-order valence-electron chi connectivity index (χ4n) is 2.27. The third-order valence-corrected chi connectivity index (χ3v) is 5.02. The van der Waals surface area contributed by atoms with Crippen LogP contribution >= 0.6 is 24.0 Å². The van der Waals surface area contributed by atoms with Crippen LogP contribution in [0.3, 0.4) is 0 Å². The van der Waals surface area contributed by atoms with E-state index in [1.165, 1.54) is 17.3 Å². The molecule has 1 aromatic carbocycles. The zero-order valence-corrected chi connectivity index (χ0v) is 14.6. The van der Waals surface area contributed by atoms with Gasteiger partial charge in [-0.1, -0.05) is 43.0 Å². The van der Waals surface area contributed by atoms with Crippen LogP contribution in [0, 0.1) is 0 Å². The summed E-state index contributed by atoms with van der Waals surface area (Å²) in [5, 5.41) is 2.42. The standard InChI is InChI=1S/C16H20N2O2S2/c1-4-11-5-7-12(8-6-11)17-14(19)9-13-15(20)18(10(2)3)16(21)22-13/h5-8,10,13H,4,9H2,1-3H3,(H,17,19). The second-order valence-electron chi connectivity index (χ2n) is 5.48. The third-order valence-electron chi connectivity index (χ3n) is 3.49. The van der Waals surface area contributed by atoms with Gasteiger partial charge in [0.1, 0.15) is 4.32 Å². The van der Waals surface area contributed by atoms with E-state index in [9.17, 15) is 9.59 Å². The minimum atomic E-state index is -0.412. The Labute approximate surface area is 140 Å². The first-order chi connectivity index (χ1) is 10.4. The van der Waals surface area contributed by atoms with Crippen molar-refractivity contribution in [1.82, 2.24) is 4.90 Å². The predicted molar refractivity (Wildman–Crippen MR) is 95.0 cm³/mol. The van der Waals surface area contributed by atoms with Gasteiger partial charge in [0.05, 0.1) is 5.25 Å². The summed E-state index contributed by atoms with van der Waals surface area (Å²) in [5.74, 6) is -0.231. The largest absolute Gasteiger partial charge is 0.326 e. The average molecular weight is 336 g/mol. The van der Waals surface area contributed by atoms with Crippen molar-refractivity contribution in [2.24, 2.45) is 0 Å². The van der Waals surface area contributed by atoms with Crippen LogP contribution in [0.4, 0.5) is 5.69 Å². The number of nitrogens with zero attached hydrogens (tertiary/aromatic N) is 1. The molecule has 0 bridgehead atoms. The van der Waals surface area contributed by atoms with Crippen LogP contribution in [0.1, 0.15) is 32.8 Å². The van der Waals surface area contributed by atoms with Crippen LogP contribution in [0.15, 0.2) is 24.3 Å². The molecule has 0 aromatic heterocycles. The Morgan fingerprint density at radius 2 is 2.00 bits per heavy atom. The van der Waals surface area contributed by atoms with E-state index >= 15 is 0 Å². The number of thioether (sulfide) groups is 1. The molecule has 1 atom stereocenters. The number of nitrogens with one attached hydrogen (secondary N) is 1. The first-order valence-electron chi connectivity index (χ1n) is 7.34. The molecule has 1 N–H and O–H groups in total. The highest BCUT2D eigenvalue weighted by Gasteiger charge is 2.39. The summed E-state index contributed by atoms with van der Waals surface area (Å²) in [5.41, 5.74) is 1.97. The maximum Gasteiger partial charge on any atom is 0.242 e. The van der Waals surface area contributed by atoms with Crippen molar-refractivity contribution in [2.45, 2.75) is 44.9 Å². The van der Waals surface area contributed by atoms with Gasteiger partial charge in [-0.05, 0) is 38.0 Å². The van der Waals surface area contributed by atoms with Gasteiger partial charge in [-0.25, -0.2) is 0 Å². The van der Waals surface area contributed by atoms with Gasteiger partial charge in [0.25, 0.3) is 0 Å². The minimum absolute atomic E-state index is 0.0298. The zero-order chi connectivity index (χ0) is 16.3. The van der Waals surface area contributed by atoms with Gasteiger partial charge < -0.3 is 5.32 Å². The van der Waals surface area contributed by atoms with Crippen LogP contribution in [0.25, 0.3) is 0 Å². The first-order valence-corrected chi connectivity index (χ1v) is 8.63. The Bertz CT molecular complexity index is 584. The van der Waals surface area contributed by atoms with Crippen molar-refractivity contribution in [1.29, 1.82) is 0 Å². The SMILES string of the molecule is CCc1ccc(NC(=O)CC2SC(=S)N(C(C)C)C2=O)cc1. The van der Waals surface area contributed by atoms with Gasteiger partial charge >= 0.3 is 0 Å². The number of carbonyl (C=O) groups is 2. The molecule has 4 nitrogen and oxygen atoms in total. The van der Waals surface area contributed by atoms with E-state index in [4.69, 9.17) is 12.2 Å². The van der Waals surface area contributed by atoms with Gasteiger partial charge in [-0.3, -0.25) is 14.5 Å². The maximum absolute atomic E-state index is 12.3. The lowest BCUT2D eigenvalue weighted by Gasteiger charge is -2.19. The van der Waals surface area contributed by atoms with E-state index in [2.05, 4.69) is 12.2 Å². The Hall–Kier alpha value is -1.40. The summed E-state index contributed by atoms with van der Waals surface area (Å²) in [4.78, 5) is 26.0. The summed E-state index contributed by atoms with van der Waals surface area (Å²) in [7, 11) is 0. The summed E-state index contributed by atoms with van der Waals surface area (Å²) < 4.78 is 0.560. The van der Waals surface area contributed by atoms with E-state index in [1.807, 2.05) is 38.1 Å². The molecule has 1 aliphatic heterocycles. The summed E-state index contributed by atoms with van der Waals surface area (Å²) >= 11 is 6.52. The maximum atomic E-state index is 12.3. The Kier molecular flexibility index (Phi) is 5.58. The normalized spacial score (nSPS) is 18.2. The van der Waals surface area contributed by atoms with E-state index in [-0.39, 0.29) is 24.3 Å². The summed E-state index contributed by atoms with van der Waals surface area (Å²) in [6.45, 7) is 5.92. The van der Waals surface area contributed by atoms with Gasteiger partial charge in [0.2, 0.25) is 11.8 Å². The first kappa shape index (κ1) is 17.0. The second kappa shape index (κ2) is 7.24. The molecule has 0 saturated carbocycles. The quantitative estimate of drug-likeness (QED) is 0.839. The van der Waals surface area contributed by atoms with Crippen molar-refractivity contribution in [3.8, 4) is 0 Å². The number of amides is 2. The Morgan fingerprint density at radius 1 is 1.36 bits per heavy atom. The molecule has 1 aromatic rings. The highest BCUT2D eigenvalue weighted by atomic mass is 32.2. The molecule has 6 heteroatoms. The van der Waals surface area contributed by atoms with Crippen LogP contribution in [0.5, 0.6) is 0 Å². The van der Waals surface area contributed by atoms with Gasteiger partial charge in [-0.15, -0.1) is 0 Å². The molecular formula is C16H20N2O2S2. The zero-order valence-electron chi connectivity index (χ0n) is 13.0. The minimum Gasteiger partial charge on any atom is -0.326 e. The third kappa shape index (κ3) is 3.87. The lowest BCUT2D eigenvalue weighted by atomic mass is 10.1. The average Bonchev–Trinajstić information content (AvgIpc) is 2.74. The molecule has 1 saturated heterocycles. The highest BCUT2D eigenvalue weighted by Crippen LogP contribution is 2.31. The molecule has 2 rings (SSSR count). The monoisotopic (exact) mass is 336 g/mol. The van der Waals surface area contributed by atoms with Crippen LogP contribution in [0.2, 0.25) is 0 Å². The van der Waals surface area contributed by atoms with Gasteiger partial charge in [0, 0.05) is 18.2 Å². The molecule has 1 heterocycles. The van der Waals surface area contributed by atoms with Crippen LogP contribution in [-0.2, 0) is 16.0 Å². The molecule has 1 unspecified atom stereocenters. The lowest BCUT2D eigenvalue weighted by Crippen LogP contribution is -2.37. The van der Waals surface area contributed by atoms with Crippen LogP contribution < -0.4 is 5.32 Å². The molecule has 22 heavy (non-hydrogen) atoms. The number of rotatable bonds is 5. The van der Waals surface area contributed by atoms with Crippen molar-refractivity contribution >= 4 is 45.8 Å². The molecule has 118 valence electrons. The molecule has 1 aliphatic rings. The van der Waals surface area contributed by atoms with Gasteiger partial charge in [-0.2, -0.15) is 0 Å². The van der Waals surface area contributed by atoms with E-state index in [1.54, 1.807) is 4.90 Å². The van der Waals surface area contributed by atoms with E-state index in [0.717, 1.165) is 12.1 Å². The highest BCUT2D eigenvalue weighted by molar-refractivity contribution is 8.24. The van der Waals surface area contributed by atoms with Gasteiger partial charge in [0.15, 0.2) is 0 Å². The Morgan fingerprint density at radius 3 is 2.50 bits per heavy atom. The predicted octanol–water partition coefficient (Wildman–Crippen LogP) is 3.21. The van der Waals surface area contributed by atoms with Crippen molar-refractivity contribution in [2.75, 3.05) is 5.32 Å². The molecule has 2 amide bonds. The number of hydrogen-bond acceptors (Lipinski definition) is 4. The summed E-state index contributed by atoms with van der Waals surface area (Å²) in [6.07, 6.45) is 1.10. The van der Waals surface area contributed by atoms with Crippen molar-refractivity contribution in [3.63, 3.8) is 0 Å². The summed E-state index contributed by atoms with van der Waals surface area (Å²) in [6, 6.07) is 7.76. The van der Waals surface area contributed by atoms with E-state index in [0.29, 0.717) is 4.32 Å². The van der Waals surface area contributed by atoms with Crippen molar-refractivity contribution < 1.29 is 9.59 Å². The van der Waals surface area contributed by atoms with Crippen LogP contribution in [-0.4, -0.2) is 32.3 Å². The Balaban J connectivity index is 1.94. The smallest absolute Gasteiger partial charge is 0.242 e. The second-order valence-corrected chi connectivity index (χ2v) is 7.31. The molecule has 1 fully saturated rings. The number of anilines is 1. The number of hydrogen-bond donors (Lipinski definition) is 1.